The first kappa shape index (κ1) is 12.4. The first-order chi connectivity index (χ1) is 9.01. The molecule has 1 saturated heterocycles. The second-order valence-corrected chi connectivity index (χ2v) is 6.33. The van der Waals surface area contributed by atoms with Crippen molar-refractivity contribution in [2.45, 2.75) is 23.9 Å². The zero-order chi connectivity index (χ0) is 13.6. The molecule has 2 aliphatic rings. The van der Waals surface area contributed by atoms with Gasteiger partial charge in [-0.25, -0.2) is 13.2 Å². The molecule has 0 radical (unpaired) electrons. The van der Waals surface area contributed by atoms with E-state index in [1.54, 1.807) is 21.9 Å². The topological polar surface area (TPSA) is 102 Å². The molecule has 19 heavy (non-hydrogen) atoms. The number of nitrogens with one attached hydrogen (secondary N) is 1. The van der Waals surface area contributed by atoms with E-state index in [4.69, 9.17) is 10.6 Å². The van der Waals surface area contributed by atoms with E-state index < -0.39 is 10.0 Å². The number of fused-ring (bicyclic) bond motifs is 2. The SMILES string of the molecule is NNS(=O)(=O)c1ccc2c(c1)CN1C(=O)OCC1C2. The van der Waals surface area contributed by atoms with Crippen molar-refractivity contribution >= 4 is 16.1 Å². The Labute approximate surface area is 110 Å². The molecule has 3 rings (SSSR count). The van der Waals surface area contributed by atoms with E-state index in [1.165, 1.54) is 6.07 Å². The number of hydrogen-bond acceptors (Lipinski definition) is 5. The minimum atomic E-state index is -3.67. The van der Waals surface area contributed by atoms with Crippen LogP contribution in [0, 0.1) is 0 Å². The molecule has 0 aromatic heterocycles. The van der Waals surface area contributed by atoms with E-state index in [0.29, 0.717) is 19.6 Å². The highest BCUT2D eigenvalue weighted by Crippen LogP contribution is 2.29. The van der Waals surface area contributed by atoms with E-state index in [-0.39, 0.29) is 17.0 Å². The van der Waals surface area contributed by atoms with Crippen LogP contribution in [0.15, 0.2) is 23.1 Å². The van der Waals surface area contributed by atoms with Gasteiger partial charge in [-0.3, -0.25) is 10.7 Å². The fraction of sp³-hybridized carbons (Fsp3) is 0.364. The Morgan fingerprint density at radius 3 is 2.89 bits per heavy atom. The van der Waals surface area contributed by atoms with Crippen molar-refractivity contribution in [1.82, 2.24) is 9.73 Å². The molecule has 1 unspecified atom stereocenters. The fourth-order valence-electron chi connectivity index (χ4n) is 2.47. The number of amides is 1. The maximum atomic E-state index is 11.6. The average molecular weight is 283 g/mol. The monoisotopic (exact) mass is 283 g/mol. The van der Waals surface area contributed by atoms with E-state index >= 15 is 0 Å². The summed E-state index contributed by atoms with van der Waals surface area (Å²) in [5.41, 5.74) is 1.85. The van der Waals surface area contributed by atoms with Crippen molar-refractivity contribution in [3.05, 3.63) is 29.3 Å². The molecule has 1 fully saturated rings. The van der Waals surface area contributed by atoms with Crippen molar-refractivity contribution < 1.29 is 17.9 Å². The second-order valence-electron chi connectivity index (χ2n) is 4.61. The van der Waals surface area contributed by atoms with Gasteiger partial charge < -0.3 is 4.74 Å². The van der Waals surface area contributed by atoms with Crippen LogP contribution in [0.5, 0.6) is 0 Å². The van der Waals surface area contributed by atoms with Gasteiger partial charge in [0.05, 0.1) is 10.9 Å². The van der Waals surface area contributed by atoms with Crippen LogP contribution < -0.4 is 10.7 Å². The molecule has 7 nitrogen and oxygen atoms in total. The molecule has 3 N–H and O–H groups in total. The maximum Gasteiger partial charge on any atom is 0.410 e. The smallest absolute Gasteiger partial charge is 0.410 e. The van der Waals surface area contributed by atoms with Gasteiger partial charge in [-0.15, -0.1) is 0 Å². The average Bonchev–Trinajstić information content (AvgIpc) is 2.77. The van der Waals surface area contributed by atoms with E-state index in [2.05, 4.69) is 0 Å². The second kappa shape index (κ2) is 4.19. The van der Waals surface area contributed by atoms with Gasteiger partial charge in [0.15, 0.2) is 0 Å². The predicted molar refractivity (Wildman–Crippen MR) is 65.3 cm³/mol. The standard InChI is InChI=1S/C11H13N3O4S/c12-13-19(16,17)10-2-1-7-3-9-6-18-11(15)14(9)5-8(7)4-10/h1-2,4,9,13H,3,5-6,12H2. The number of benzene rings is 1. The van der Waals surface area contributed by atoms with Crippen molar-refractivity contribution in [1.29, 1.82) is 0 Å². The third-order valence-electron chi connectivity index (χ3n) is 3.51. The highest BCUT2D eigenvalue weighted by atomic mass is 32.2. The third-order valence-corrected chi connectivity index (χ3v) is 4.70. The van der Waals surface area contributed by atoms with Gasteiger partial charge in [0.1, 0.15) is 6.61 Å². The zero-order valence-electron chi connectivity index (χ0n) is 10.00. The van der Waals surface area contributed by atoms with E-state index in [0.717, 1.165) is 11.1 Å². The van der Waals surface area contributed by atoms with E-state index in [9.17, 15) is 13.2 Å². The molecule has 8 heteroatoms. The number of rotatable bonds is 2. The Kier molecular flexibility index (Phi) is 2.73. The van der Waals surface area contributed by atoms with Gasteiger partial charge in [-0.1, -0.05) is 6.07 Å². The maximum absolute atomic E-state index is 11.6. The van der Waals surface area contributed by atoms with Gasteiger partial charge in [0, 0.05) is 6.54 Å². The molecular formula is C11H13N3O4S. The lowest BCUT2D eigenvalue weighted by atomic mass is 9.95. The highest BCUT2D eigenvalue weighted by molar-refractivity contribution is 7.89. The summed E-state index contributed by atoms with van der Waals surface area (Å²) in [5.74, 6) is 5.00. The number of carbonyl (C=O) groups is 1. The zero-order valence-corrected chi connectivity index (χ0v) is 10.8. The Morgan fingerprint density at radius 1 is 1.37 bits per heavy atom. The fourth-order valence-corrected chi connectivity index (χ4v) is 3.15. The largest absolute Gasteiger partial charge is 0.447 e. The summed E-state index contributed by atoms with van der Waals surface area (Å²) >= 11 is 0. The Hall–Kier alpha value is -1.64. The molecule has 1 amide bonds. The van der Waals surface area contributed by atoms with Gasteiger partial charge in [0.25, 0.3) is 10.0 Å². The van der Waals surface area contributed by atoms with E-state index in [1.807, 2.05) is 0 Å². The molecule has 2 heterocycles. The van der Waals surface area contributed by atoms with Crippen LogP contribution >= 0.6 is 0 Å². The minimum absolute atomic E-state index is 0.0510. The van der Waals surface area contributed by atoms with Crippen LogP contribution in [0.2, 0.25) is 0 Å². The molecule has 1 atom stereocenters. The number of nitrogens with two attached hydrogens (primary N) is 1. The summed E-state index contributed by atoms with van der Waals surface area (Å²) in [4.78, 5) is 15.0. The van der Waals surface area contributed by atoms with Crippen molar-refractivity contribution in [2.24, 2.45) is 5.84 Å². The molecule has 102 valence electrons. The number of carbonyl (C=O) groups excluding carboxylic acids is 1. The predicted octanol–water partition coefficient (Wildman–Crippen LogP) is -0.284. The molecule has 0 bridgehead atoms. The van der Waals surface area contributed by atoms with Crippen molar-refractivity contribution in [3.8, 4) is 0 Å². The minimum Gasteiger partial charge on any atom is -0.447 e. The number of hydrazine groups is 1. The molecule has 2 aliphatic heterocycles. The van der Waals surface area contributed by atoms with Crippen molar-refractivity contribution in [2.75, 3.05) is 6.61 Å². The Bertz CT molecular complexity index is 643. The molecule has 0 saturated carbocycles. The molecular weight excluding hydrogens is 270 g/mol. The lowest BCUT2D eigenvalue weighted by molar-refractivity contribution is 0.155. The summed E-state index contributed by atoms with van der Waals surface area (Å²) in [5, 5.41) is 0. The van der Waals surface area contributed by atoms with Crippen LogP contribution in [0.1, 0.15) is 11.1 Å². The Balaban J connectivity index is 1.99. The number of cyclic esters (lactones) is 1. The number of ether oxygens (including phenoxy) is 1. The first-order valence-electron chi connectivity index (χ1n) is 5.79. The van der Waals surface area contributed by atoms with Crippen LogP contribution in [0.4, 0.5) is 4.79 Å². The summed E-state index contributed by atoms with van der Waals surface area (Å²) in [6, 6.07) is 4.88. The van der Waals surface area contributed by atoms with Crippen LogP contribution in [-0.2, 0) is 27.7 Å². The quantitative estimate of drug-likeness (QED) is 0.574. The first-order valence-corrected chi connectivity index (χ1v) is 7.27. The summed E-state index contributed by atoms with van der Waals surface area (Å²) in [6.45, 7) is 0.759. The number of nitrogens with zero attached hydrogens (tertiary/aromatic N) is 1. The third kappa shape index (κ3) is 1.97. The molecule has 0 aliphatic carbocycles. The van der Waals surface area contributed by atoms with Crippen LogP contribution in [0.25, 0.3) is 0 Å². The van der Waals surface area contributed by atoms with Gasteiger partial charge in [0.2, 0.25) is 0 Å². The summed E-state index contributed by atoms with van der Waals surface area (Å²) in [7, 11) is -3.67. The molecule has 0 spiro atoms. The summed E-state index contributed by atoms with van der Waals surface area (Å²) < 4.78 is 28.3. The number of sulfonamides is 1. The van der Waals surface area contributed by atoms with Gasteiger partial charge in [-0.2, -0.15) is 4.83 Å². The van der Waals surface area contributed by atoms with Crippen LogP contribution in [-0.4, -0.2) is 32.1 Å². The highest BCUT2D eigenvalue weighted by Gasteiger charge is 2.37. The lowest BCUT2D eigenvalue weighted by Gasteiger charge is -2.28. The Morgan fingerprint density at radius 2 is 2.16 bits per heavy atom. The summed E-state index contributed by atoms with van der Waals surface area (Å²) in [6.07, 6.45) is 0.332. The molecule has 1 aromatic rings. The van der Waals surface area contributed by atoms with Crippen molar-refractivity contribution in [3.63, 3.8) is 0 Å². The number of hydrogen-bond donors (Lipinski definition) is 2. The van der Waals surface area contributed by atoms with Gasteiger partial charge in [-0.05, 0) is 29.7 Å². The normalized spacial score (nSPS) is 21.8. The van der Waals surface area contributed by atoms with Gasteiger partial charge >= 0.3 is 6.09 Å². The van der Waals surface area contributed by atoms with Crippen LogP contribution in [0.3, 0.4) is 0 Å². The lowest BCUT2D eigenvalue weighted by Crippen LogP contribution is -2.38. The molecule has 1 aromatic carbocycles.